The van der Waals surface area contributed by atoms with Crippen LogP contribution in [-0.2, 0) is 10.3 Å². The van der Waals surface area contributed by atoms with Crippen molar-refractivity contribution in [2.24, 2.45) is 5.73 Å². The van der Waals surface area contributed by atoms with E-state index in [1.807, 2.05) is 13.0 Å². The first kappa shape index (κ1) is 9.22. The highest BCUT2D eigenvalue weighted by Crippen LogP contribution is 2.25. The number of rotatable bonds is 2. The molecular weight excluding hydrogens is 174 g/mol. The maximum absolute atomic E-state index is 10.7. The van der Waals surface area contributed by atoms with Gasteiger partial charge in [0.15, 0.2) is 0 Å². The van der Waals surface area contributed by atoms with Gasteiger partial charge in [0.25, 0.3) is 0 Å². The van der Waals surface area contributed by atoms with E-state index in [1.54, 1.807) is 6.07 Å². The van der Waals surface area contributed by atoms with Gasteiger partial charge in [0.2, 0.25) is 0 Å². The summed E-state index contributed by atoms with van der Waals surface area (Å²) in [6.07, 6.45) is 0. The van der Waals surface area contributed by atoms with Crippen LogP contribution in [-0.4, -0.2) is 11.1 Å². The molecule has 0 aliphatic heterocycles. The van der Waals surface area contributed by atoms with Crippen LogP contribution in [0.3, 0.4) is 0 Å². The summed E-state index contributed by atoms with van der Waals surface area (Å²) in [7, 11) is 0. The molecule has 0 saturated heterocycles. The van der Waals surface area contributed by atoms with Crippen LogP contribution in [0.1, 0.15) is 16.7 Å². The molecule has 0 aliphatic carbocycles. The highest BCUT2D eigenvalue weighted by atomic mass is 32.1. The maximum atomic E-state index is 10.7. The molecule has 0 fully saturated rings. The lowest BCUT2D eigenvalue weighted by Crippen LogP contribution is -2.40. The summed E-state index contributed by atoms with van der Waals surface area (Å²) in [5.41, 5.74) is 4.35. The maximum Gasteiger partial charge on any atom is 0.328 e. The molecule has 1 rings (SSSR count). The lowest BCUT2D eigenvalue weighted by Gasteiger charge is -2.16. The Kier molecular flexibility index (Phi) is 2.21. The predicted molar refractivity (Wildman–Crippen MR) is 48.2 cm³/mol. The second kappa shape index (κ2) is 2.88. The third-order valence-electron chi connectivity index (χ3n) is 1.70. The first-order chi connectivity index (χ1) is 5.44. The molecule has 66 valence electrons. The first-order valence-corrected chi connectivity index (χ1v) is 4.35. The van der Waals surface area contributed by atoms with Gasteiger partial charge in [-0.3, -0.25) is 0 Å². The molecule has 3 N–H and O–H groups in total. The fourth-order valence-corrected chi connectivity index (χ4v) is 1.74. The minimum atomic E-state index is -1.25. The van der Waals surface area contributed by atoms with E-state index in [-0.39, 0.29) is 0 Å². The largest absolute Gasteiger partial charge is 0.480 e. The van der Waals surface area contributed by atoms with Crippen molar-refractivity contribution >= 4 is 17.3 Å². The third-order valence-corrected chi connectivity index (χ3v) is 2.93. The molecule has 0 radical (unpaired) electrons. The minimum absolute atomic E-state index is 0.688. The Labute approximate surface area is 74.8 Å². The molecule has 0 saturated carbocycles. The number of carboxylic acids is 1. The van der Waals surface area contributed by atoms with Crippen LogP contribution in [0.5, 0.6) is 0 Å². The van der Waals surface area contributed by atoms with Gasteiger partial charge in [-0.25, -0.2) is 4.79 Å². The van der Waals surface area contributed by atoms with Crippen molar-refractivity contribution in [3.05, 3.63) is 21.9 Å². The van der Waals surface area contributed by atoms with E-state index in [0.29, 0.717) is 4.88 Å². The van der Waals surface area contributed by atoms with Gasteiger partial charge in [-0.1, -0.05) is 0 Å². The number of hydrogen-bond acceptors (Lipinski definition) is 3. The zero-order valence-electron chi connectivity index (χ0n) is 7.00. The van der Waals surface area contributed by atoms with Gasteiger partial charge in [0, 0.05) is 9.75 Å². The topological polar surface area (TPSA) is 63.3 Å². The molecule has 1 unspecified atom stereocenters. The van der Waals surface area contributed by atoms with Gasteiger partial charge >= 0.3 is 5.97 Å². The molecule has 0 amide bonds. The Morgan fingerprint density at radius 2 is 2.25 bits per heavy atom. The van der Waals surface area contributed by atoms with Crippen molar-refractivity contribution in [2.45, 2.75) is 19.4 Å². The summed E-state index contributed by atoms with van der Waals surface area (Å²) in [6, 6.07) is 3.63. The second-order valence-corrected chi connectivity index (χ2v) is 4.21. The summed E-state index contributed by atoms with van der Waals surface area (Å²) < 4.78 is 0. The summed E-state index contributed by atoms with van der Waals surface area (Å²) in [6.45, 7) is 3.42. The standard InChI is InChI=1S/C8H11NO2S/c1-5-3-4-6(12-5)8(2,9)7(10)11/h3-4H,9H2,1-2H3,(H,10,11). The quantitative estimate of drug-likeness (QED) is 0.730. The van der Waals surface area contributed by atoms with Crippen LogP contribution in [0.15, 0.2) is 12.1 Å². The van der Waals surface area contributed by atoms with Crippen molar-refractivity contribution in [1.29, 1.82) is 0 Å². The van der Waals surface area contributed by atoms with E-state index in [4.69, 9.17) is 10.8 Å². The van der Waals surface area contributed by atoms with Crippen molar-refractivity contribution < 1.29 is 9.90 Å². The van der Waals surface area contributed by atoms with E-state index in [9.17, 15) is 4.79 Å². The molecular formula is C8H11NO2S. The minimum Gasteiger partial charge on any atom is -0.480 e. The van der Waals surface area contributed by atoms with E-state index < -0.39 is 11.5 Å². The van der Waals surface area contributed by atoms with Crippen molar-refractivity contribution in [2.75, 3.05) is 0 Å². The zero-order valence-corrected chi connectivity index (χ0v) is 7.81. The van der Waals surface area contributed by atoms with E-state index in [0.717, 1.165) is 4.88 Å². The fraction of sp³-hybridized carbons (Fsp3) is 0.375. The number of aryl methyl sites for hydroxylation is 1. The Hall–Kier alpha value is -0.870. The third kappa shape index (κ3) is 1.49. The van der Waals surface area contributed by atoms with Crippen LogP contribution in [0.4, 0.5) is 0 Å². The van der Waals surface area contributed by atoms with Crippen LogP contribution in [0.2, 0.25) is 0 Å². The zero-order chi connectivity index (χ0) is 9.35. The van der Waals surface area contributed by atoms with Crippen LogP contribution < -0.4 is 5.73 Å². The summed E-state index contributed by atoms with van der Waals surface area (Å²) in [4.78, 5) is 12.5. The summed E-state index contributed by atoms with van der Waals surface area (Å²) in [5.74, 6) is -0.996. The van der Waals surface area contributed by atoms with Crippen molar-refractivity contribution in [3.8, 4) is 0 Å². The molecule has 1 aromatic heterocycles. The Balaban J connectivity index is 3.05. The van der Waals surface area contributed by atoms with Crippen LogP contribution >= 0.6 is 11.3 Å². The first-order valence-electron chi connectivity index (χ1n) is 3.54. The molecule has 1 aromatic rings. The lowest BCUT2D eigenvalue weighted by molar-refractivity contribution is -0.142. The predicted octanol–water partition coefficient (Wildman–Crippen LogP) is 1.32. The normalized spacial score (nSPS) is 15.6. The van der Waals surface area contributed by atoms with E-state index >= 15 is 0 Å². The highest BCUT2D eigenvalue weighted by molar-refractivity contribution is 7.12. The molecule has 1 atom stereocenters. The second-order valence-electron chi connectivity index (χ2n) is 2.92. The number of carbonyl (C=O) groups is 1. The van der Waals surface area contributed by atoms with Crippen molar-refractivity contribution in [1.82, 2.24) is 0 Å². The smallest absolute Gasteiger partial charge is 0.328 e. The lowest BCUT2D eigenvalue weighted by atomic mass is 10.0. The molecule has 4 heteroatoms. The van der Waals surface area contributed by atoms with Crippen LogP contribution in [0.25, 0.3) is 0 Å². The monoisotopic (exact) mass is 185 g/mol. The molecule has 0 bridgehead atoms. The number of aliphatic carboxylic acids is 1. The Morgan fingerprint density at radius 1 is 1.67 bits per heavy atom. The number of thiophene rings is 1. The molecule has 0 aliphatic rings. The number of carboxylic acid groups (broad SMARTS) is 1. The van der Waals surface area contributed by atoms with Gasteiger partial charge in [-0.15, -0.1) is 11.3 Å². The molecule has 1 heterocycles. The van der Waals surface area contributed by atoms with Gasteiger partial charge in [0.1, 0.15) is 5.54 Å². The van der Waals surface area contributed by atoms with Crippen LogP contribution in [0, 0.1) is 6.92 Å². The molecule has 0 aromatic carbocycles. The molecule has 0 spiro atoms. The summed E-state index contributed by atoms with van der Waals surface area (Å²) >= 11 is 1.42. The molecule has 12 heavy (non-hydrogen) atoms. The SMILES string of the molecule is Cc1ccc(C(C)(N)C(=O)O)s1. The van der Waals surface area contributed by atoms with E-state index in [2.05, 4.69) is 0 Å². The highest BCUT2D eigenvalue weighted by Gasteiger charge is 2.31. The number of nitrogens with two attached hydrogens (primary N) is 1. The number of hydrogen-bond donors (Lipinski definition) is 2. The summed E-state index contributed by atoms with van der Waals surface area (Å²) in [5, 5.41) is 8.79. The Bertz CT molecular complexity index is 304. The average molecular weight is 185 g/mol. The van der Waals surface area contributed by atoms with Gasteiger partial charge in [0.05, 0.1) is 0 Å². The average Bonchev–Trinajstić information content (AvgIpc) is 2.35. The van der Waals surface area contributed by atoms with Gasteiger partial charge in [-0.05, 0) is 26.0 Å². The van der Waals surface area contributed by atoms with Gasteiger partial charge in [-0.2, -0.15) is 0 Å². The fourth-order valence-electron chi connectivity index (χ4n) is 0.819. The van der Waals surface area contributed by atoms with Crippen molar-refractivity contribution in [3.63, 3.8) is 0 Å². The molecule has 3 nitrogen and oxygen atoms in total. The van der Waals surface area contributed by atoms with E-state index in [1.165, 1.54) is 18.3 Å². The van der Waals surface area contributed by atoms with Gasteiger partial charge < -0.3 is 10.8 Å². The Morgan fingerprint density at radius 3 is 2.58 bits per heavy atom.